The summed E-state index contributed by atoms with van der Waals surface area (Å²) < 4.78 is 0. The third-order valence-electron chi connectivity index (χ3n) is 4.43. The topological polar surface area (TPSA) is 66.9 Å². The van der Waals surface area contributed by atoms with E-state index in [9.17, 15) is 4.79 Å². The van der Waals surface area contributed by atoms with Gasteiger partial charge in [0.1, 0.15) is 5.82 Å². The second-order valence-corrected chi connectivity index (χ2v) is 6.71. The Labute approximate surface area is 167 Å². The van der Waals surface area contributed by atoms with Crippen LogP contribution in [0.25, 0.3) is 10.9 Å². The molecule has 0 aliphatic heterocycles. The number of carbonyl (C=O) groups excluding carboxylic acids is 1. The van der Waals surface area contributed by atoms with E-state index in [4.69, 9.17) is 11.6 Å². The molecule has 0 atom stereocenters. The summed E-state index contributed by atoms with van der Waals surface area (Å²) in [4.78, 5) is 21.4. The van der Waals surface area contributed by atoms with Crippen LogP contribution in [0.2, 0.25) is 5.02 Å². The number of fused-ring (bicyclic) bond motifs is 1. The van der Waals surface area contributed by atoms with Crippen LogP contribution in [-0.2, 0) is 0 Å². The first-order valence-electron chi connectivity index (χ1n) is 8.75. The zero-order valence-electron chi connectivity index (χ0n) is 15.1. The van der Waals surface area contributed by atoms with Crippen molar-refractivity contribution < 1.29 is 4.79 Å². The molecular formula is C22H17ClN4O. The number of amides is 1. The van der Waals surface area contributed by atoms with Gasteiger partial charge in [0.25, 0.3) is 5.91 Å². The number of pyridine rings is 2. The summed E-state index contributed by atoms with van der Waals surface area (Å²) in [6, 6.07) is 18.6. The summed E-state index contributed by atoms with van der Waals surface area (Å²) in [5.74, 6) is 0.334. The van der Waals surface area contributed by atoms with Crippen LogP contribution in [0.15, 0.2) is 73.1 Å². The third-order valence-corrected chi connectivity index (χ3v) is 4.84. The number of nitrogens with one attached hydrogen (secondary N) is 2. The molecule has 28 heavy (non-hydrogen) atoms. The Hall–Kier alpha value is -3.44. The highest BCUT2D eigenvalue weighted by molar-refractivity contribution is 6.31. The second kappa shape index (κ2) is 7.66. The van der Waals surface area contributed by atoms with E-state index in [0.29, 0.717) is 22.1 Å². The summed E-state index contributed by atoms with van der Waals surface area (Å²) in [5.41, 5.74) is 3.67. The minimum absolute atomic E-state index is 0.230. The van der Waals surface area contributed by atoms with E-state index in [1.165, 1.54) is 0 Å². The smallest absolute Gasteiger partial charge is 0.255 e. The van der Waals surface area contributed by atoms with Crippen molar-refractivity contribution in [2.75, 3.05) is 10.6 Å². The number of hydrogen-bond acceptors (Lipinski definition) is 4. The number of carbonyl (C=O) groups is 1. The number of para-hydroxylation sites is 1. The van der Waals surface area contributed by atoms with Gasteiger partial charge in [-0.25, -0.2) is 4.98 Å². The minimum Gasteiger partial charge on any atom is -0.338 e. The quantitative estimate of drug-likeness (QED) is 0.478. The molecule has 0 aliphatic rings. The average molecular weight is 389 g/mol. The van der Waals surface area contributed by atoms with Gasteiger partial charge in [0.15, 0.2) is 0 Å². The molecule has 2 N–H and O–H groups in total. The molecule has 0 saturated heterocycles. The average Bonchev–Trinajstić information content (AvgIpc) is 2.72. The number of rotatable bonds is 4. The van der Waals surface area contributed by atoms with Crippen LogP contribution in [0.4, 0.5) is 17.2 Å². The van der Waals surface area contributed by atoms with Crippen molar-refractivity contribution in [3.8, 4) is 0 Å². The summed E-state index contributed by atoms with van der Waals surface area (Å²) in [6.45, 7) is 1.87. The molecule has 6 heteroatoms. The normalized spacial score (nSPS) is 10.6. The molecule has 1 amide bonds. The highest BCUT2D eigenvalue weighted by atomic mass is 35.5. The van der Waals surface area contributed by atoms with Gasteiger partial charge in [0.2, 0.25) is 0 Å². The number of halogens is 1. The Morgan fingerprint density at radius 2 is 1.71 bits per heavy atom. The standard InChI is InChI=1S/C22H17ClN4O/c1-14-17(23)7-3-8-18(14)27-22(28)16-10-12-24-20(13-16)26-19-9-2-5-15-6-4-11-25-21(15)19/h2-13H,1H3,(H,24,26)(H,27,28). The summed E-state index contributed by atoms with van der Waals surface area (Å²) in [5, 5.41) is 7.78. The monoisotopic (exact) mass is 388 g/mol. The fourth-order valence-electron chi connectivity index (χ4n) is 2.92. The van der Waals surface area contributed by atoms with Crippen molar-refractivity contribution >= 4 is 45.6 Å². The molecule has 2 aromatic heterocycles. The molecule has 0 bridgehead atoms. The number of hydrogen-bond donors (Lipinski definition) is 2. The number of benzene rings is 2. The van der Waals surface area contributed by atoms with E-state index in [2.05, 4.69) is 20.6 Å². The van der Waals surface area contributed by atoms with E-state index < -0.39 is 0 Å². The van der Waals surface area contributed by atoms with Crippen molar-refractivity contribution in [1.29, 1.82) is 0 Å². The van der Waals surface area contributed by atoms with Crippen molar-refractivity contribution in [3.63, 3.8) is 0 Å². The highest BCUT2D eigenvalue weighted by Gasteiger charge is 2.11. The van der Waals surface area contributed by atoms with E-state index in [0.717, 1.165) is 22.2 Å². The van der Waals surface area contributed by atoms with Gasteiger partial charge in [-0.1, -0.05) is 35.9 Å². The van der Waals surface area contributed by atoms with Crippen LogP contribution in [-0.4, -0.2) is 15.9 Å². The minimum atomic E-state index is -0.230. The number of nitrogens with zero attached hydrogens (tertiary/aromatic N) is 2. The first kappa shape index (κ1) is 17.9. The zero-order valence-corrected chi connectivity index (χ0v) is 15.9. The van der Waals surface area contributed by atoms with Gasteiger partial charge in [-0.2, -0.15) is 0 Å². The Bertz CT molecular complexity index is 1170. The van der Waals surface area contributed by atoms with Gasteiger partial charge in [0.05, 0.1) is 11.2 Å². The first-order chi connectivity index (χ1) is 13.6. The molecule has 0 saturated carbocycles. The molecule has 0 spiro atoms. The molecule has 5 nitrogen and oxygen atoms in total. The molecule has 0 fully saturated rings. The lowest BCUT2D eigenvalue weighted by Gasteiger charge is -2.11. The molecule has 4 aromatic rings. The van der Waals surface area contributed by atoms with Crippen molar-refractivity contribution in [2.45, 2.75) is 6.92 Å². The SMILES string of the molecule is Cc1c(Cl)cccc1NC(=O)c1ccnc(Nc2cccc3cccnc23)c1. The summed E-state index contributed by atoms with van der Waals surface area (Å²) in [6.07, 6.45) is 3.35. The lowest BCUT2D eigenvalue weighted by molar-refractivity contribution is 0.102. The van der Waals surface area contributed by atoms with Crippen molar-refractivity contribution in [2.24, 2.45) is 0 Å². The van der Waals surface area contributed by atoms with Gasteiger partial charge < -0.3 is 10.6 Å². The van der Waals surface area contributed by atoms with Crippen LogP contribution in [0.3, 0.4) is 0 Å². The molecule has 0 radical (unpaired) electrons. The predicted octanol–water partition coefficient (Wildman–Crippen LogP) is 5.59. The molecule has 2 aromatic carbocycles. The van der Waals surface area contributed by atoms with Crippen LogP contribution in [0.5, 0.6) is 0 Å². The van der Waals surface area contributed by atoms with Gasteiger partial charge >= 0.3 is 0 Å². The predicted molar refractivity (Wildman–Crippen MR) is 113 cm³/mol. The number of aromatic nitrogens is 2. The lowest BCUT2D eigenvalue weighted by Crippen LogP contribution is -2.13. The summed E-state index contributed by atoms with van der Waals surface area (Å²) in [7, 11) is 0. The van der Waals surface area contributed by atoms with Crippen molar-refractivity contribution in [3.05, 3.63) is 89.2 Å². The maximum atomic E-state index is 12.7. The molecule has 4 rings (SSSR count). The lowest BCUT2D eigenvalue weighted by atomic mass is 10.1. The largest absolute Gasteiger partial charge is 0.338 e. The summed E-state index contributed by atoms with van der Waals surface area (Å²) >= 11 is 6.13. The zero-order chi connectivity index (χ0) is 19.5. The van der Waals surface area contributed by atoms with Gasteiger partial charge in [0, 0.05) is 34.1 Å². The van der Waals surface area contributed by atoms with Crippen LogP contribution in [0.1, 0.15) is 15.9 Å². The Morgan fingerprint density at radius 3 is 2.61 bits per heavy atom. The van der Waals surface area contributed by atoms with Crippen LogP contribution >= 0.6 is 11.6 Å². The number of anilines is 3. The molecule has 0 aliphatic carbocycles. The van der Waals surface area contributed by atoms with Crippen molar-refractivity contribution in [1.82, 2.24) is 9.97 Å². The molecule has 0 unspecified atom stereocenters. The van der Waals surface area contributed by atoms with E-state index in [1.54, 1.807) is 36.7 Å². The molecule has 2 heterocycles. The molecule has 138 valence electrons. The first-order valence-corrected chi connectivity index (χ1v) is 9.13. The van der Waals surface area contributed by atoms with E-state index in [-0.39, 0.29) is 5.91 Å². The third kappa shape index (κ3) is 3.66. The highest BCUT2D eigenvalue weighted by Crippen LogP contribution is 2.25. The fourth-order valence-corrected chi connectivity index (χ4v) is 3.10. The Kier molecular flexibility index (Phi) is 4.91. The van der Waals surface area contributed by atoms with E-state index >= 15 is 0 Å². The Morgan fingerprint density at radius 1 is 0.929 bits per heavy atom. The Balaban J connectivity index is 1.59. The van der Waals surface area contributed by atoms with E-state index in [1.807, 2.05) is 43.3 Å². The fraction of sp³-hybridized carbons (Fsp3) is 0.0455. The molecular weight excluding hydrogens is 372 g/mol. The van der Waals surface area contributed by atoms with Gasteiger partial charge in [-0.05, 0) is 48.9 Å². The maximum Gasteiger partial charge on any atom is 0.255 e. The van der Waals surface area contributed by atoms with Gasteiger partial charge in [-0.3, -0.25) is 9.78 Å². The second-order valence-electron chi connectivity index (χ2n) is 6.30. The van der Waals surface area contributed by atoms with Crippen LogP contribution < -0.4 is 10.6 Å². The van der Waals surface area contributed by atoms with Crippen LogP contribution in [0, 0.1) is 6.92 Å². The van der Waals surface area contributed by atoms with Gasteiger partial charge in [-0.15, -0.1) is 0 Å². The maximum absolute atomic E-state index is 12.7.